The van der Waals surface area contributed by atoms with E-state index in [4.69, 9.17) is 18.9 Å². The number of nitrogens with one attached hydrogen (secondary N) is 1. The molecule has 2 aromatic carbocycles. The summed E-state index contributed by atoms with van der Waals surface area (Å²) < 4.78 is 61.7. The monoisotopic (exact) mass is 559 g/mol. The number of benzene rings is 2. The van der Waals surface area contributed by atoms with Crippen molar-refractivity contribution in [2.45, 2.75) is 12.5 Å². The van der Waals surface area contributed by atoms with Gasteiger partial charge in [0.25, 0.3) is 5.91 Å². The zero-order valence-corrected chi connectivity index (χ0v) is 22.0. The van der Waals surface area contributed by atoms with E-state index in [1.165, 1.54) is 16.8 Å². The van der Waals surface area contributed by atoms with Crippen LogP contribution >= 0.6 is 0 Å². The van der Waals surface area contributed by atoms with Gasteiger partial charge in [0, 0.05) is 17.9 Å². The number of fused-ring (bicyclic) bond motifs is 1. The standard InChI is InChI=1S/C25H25N3O8S2/c1-38(31,32)13-3-12-33-24-11-10-19(14-26-24)36-21-5-2-4-20-22(16-34-25(20)21)35-18-8-6-17(7-9-18)28-15-23(29)27-37(28)30/h2,4-11,14,22H,3,12-13,15-16H2,1H3,(H,27,29)/t22-,37?/m1/s1. The minimum absolute atomic E-state index is 0.0378. The maximum Gasteiger partial charge on any atom is 0.287 e. The molecule has 2 atom stereocenters. The molecular weight excluding hydrogens is 534 g/mol. The number of rotatable bonds is 10. The molecule has 13 heteroatoms. The van der Waals surface area contributed by atoms with Gasteiger partial charge in [-0.1, -0.05) is 12.1 Å². The van der Waals surface area contributed by atoms with Crippen molar-refractivity contribution in [2.24, 2.45) is 0 Å². The Labute approximate surface area is 223 Å². The van der Waals surface area contributed by atoms with Gasteiger partial charge in [-0.15, -0.1) is 4.72 Å². The number of carbonyl (C=O) groups excluding carboxylic acids is 1. The average molecular weight is 560 g/mol. The largest absolute Gasteiger partial charge is 0.568 e. The van der Waals surface area contributed by atoms with E-state index >= 15 is 0 Å². The van der Waals surface area contributed by atoms with E-state index in [9.17, 15) is 17.8 Å². The highest BCUT2D eigenvalue weighted by molar-refractivity contribution is 7.92. The van der Waals surface area contributed by atoms with E-state index in [-0.39, 0.29) is 30.9 Å². The second kappa shape index (κ2) is 11.0. The number of ether oxygens (including phenoxy) is 4. The van der Waals surface area contributed by atoms with Gasteiger partial charge in [0.15, 0.2) is 35.7 Å². The molecule has 1 amide bonds. The number of pyridine rings is 1. The van der Waals surface area contributed by atoms with Gasteiger partial charge < -0.3 is 23.5 Å². The molecule has 1 aromatic heterocycles. The second-order valence-corrected chi connectivity index (χ2v) is 12.1. The SMILES string of the molecule is CS(=O)(=O)CCCOc1ccc(Oc2cccc3c2OC[C@H]3Oc2ccc(N3CC(=O)N[S+]3[O-])cc2)cn1. The van der Waals surface area contributed by atoms with Crippen LogP contribution in [0.1, 0.15) is 18.1 Å². The third-order valence-electron chi connectivity index (χ3n) is 5.67. The molecule has 0 saturated carbocycles. The molecule has 0 radical (unpaired) electrons. The van der Waals surface area contributed by atoms with Crippen LogP contribution in [0.5, 0.6) is 28.9 Å². The number of para-hydroxylation sites is 1. The van der Waals surface area contributed by atoms with Gasteiger partial charge in [-0.05, 0) is 42.8 Å². The molecule has 0 bridgehead atoms. The Balaban J connectivity index is 1.19. The summed E-state index contributed by atoms with van der Waals surface area (Å²) in [6.45, 7) is 0.583. The Morgan fingerprint density at radius 2 is 1.95 bits per heavy atom. The van der Waals surface area contributed by atoms with Gasteiger partial charge in [0.05, 0.1) is 24.2 Å². The van der Waals surface area contributed by atoms with Crippen LogP contribution in [0, 0.1) is 0 Å². The van der Waals surface area contributed by atoms with Crippen LogP contribution in [0.4, 0.5) is 5.69 Å². The van der Waals surface area contributed by atoms with Crippen molar-refractivity contribution in [1.82, 2.24) is 9.71 Å². The van der Waals surface area contributed by atoms with Crippen LogP contribution in [-0.4, -0.2) is 55.6 Å². The Kier molecular flexibility index (Phi) is 7.49. The van der Waals surface area contributed by atoms with E-state index in [0.717, 1.165) is 5.56 Å². The minimum atomic E-state index is -3.02. The predicted molar refractivity (Wildman–Crippen MR) is 140 cm³/mol. The van der Waals surface area contributed by atoms with Crippen LogP contribution in [0.2, 0.25) is 0 Å². The molecule has 1 saturated heterocycles. The quantitative estimate of drug-likeness (QED) is 0.291. The van der Waals surface area contributed by atoms with Crippen molar-refractivity contribution in [2.75, 3.05) is 36.1 Å². The summed E-state index contributed by atoms with van der Waals surface area (Å²) in [7, 11) is -3.02. The number of hydrogen-bond acceptors (Lipinski definition) is 10. The third-order valence-corrected chi connectivity index (χ3v) is 7.85. The van der Waals surface area contributed by atoms with E-state index < -0.39 is 21.4 Å². The Morgan fingerprint density at radius 3 is 2.63 bits per heavy atom. The van der Waals surface area contributed by atoms with E-state index in [2.05, 4.69) is 9.71 Å². The number of nitrogens with zero attached hydrogens (tertiary/aromatic N) is 2. The summed E-state index contributed by atoms with van der Waals surface area (Å²) in [4.78, 5) is 15.7. The average Bonchev–Trinajstić information content (AvgIpc) is 3.45. The summed E-state index contributed by atoms with van der Waals surface area (Å²) in [5.74, 6) is 2.32. The first-order valence-electron chi connectivity index (χ1n) is 11.7. The molecular formula is C25H25N3O8S2. The van der Waals surface area contributed by atoms with E-state index in [1.807, 2.05) is 12.1 Å². The van der Waals surface area contributed by atoms with Crippen molar-refractivity contribution < 1.29 is 36.7 Å². The summed E-state index contributed by atoms with van der Waals surface area (Å²) in [5, 5.41) is 0. The fourth-order valence-corrected chi connectivity index (χ4v) is 5.48. The predicted octanol–water partition coefficient (Wildman–Crippen LogP) is 2.71. The maximum atomic E-state index is 12.0. The van der Waals surface area contributed by atoms with Crippen molar-refractivity contribution >= 4 is 33.0 Å². The zero-order chi connectivity index (χ0) is 26.7. The molecule has 11 nitrogen and oxygen atoms in total. The number of sulfone groups is 1. The molecule has 1 fully saturated rings. The molecule has 5 rings (SSSR count). The minimum Gasteiger partial charge on any atom is -0.568 e. The number of carbonyl (C=O) groups is 1. The third kappa shape index (κ3) is 6.23. The molecule has 3 heterocycles. The number of aromatic nitrogens is 1. The molecule has 0 aliphatic carbocycles. The smallest absolute Gasteiger partial charge is 0.287 e. The molecule has 1 unspecified atom stereocenters. The normalized spacial score (nSPS) is 18.5. The zero-order valence-electron chi connectivity index (χ0n) is 20.4. The fraction of sp³-hybridized carbons (Fsp3) is 0.280. The van der Waals surface area contributed by atoms with Gasteiger partial charge in [-0.2, -0.15) is 4.31 Å². The first-order valence-corrected chi connectivity index (χ1v) is 14.9. The summed E-state index contributed by atoms with van der Waals surface area (Å²) in [6, 6.07) is 15.9. The molecule has 1 N–H and O–H groups in total. The summed E-state index contributed by atoms with van der Waals surface area (Å²) in [5.41, 5.74) is 1.48. The number of amides is 1. The molecule has 0 spiro atoms. The summed E-state index contributed by atoms with van der Waals surface area (Å²) >= 11 is -1.58. The lowest BCUT2D eigenvalue weighted by atomic mass is 10.1. The lowest BCUT2D eigenvalue weighted by Gasteiger charge is -2.17. The van der Waals surface area contributed by atoms with Crippen LogP contribution in [0.25, 0.3) is 0 Å². The fourth-order valence-electron chi connectivity index (χ4n) is 3.92. The molecule has 2 aliphatic rings. The molecule has 200 valence electrons. The van der Waals surface area contributed by atoms with Crippen LogP contribution < -0.4 is 28.0 Å². The lowest BCUT2D eigenvalue weighted by molar-refractivity contribution is -0.117. The van der Waals surface area contributed by atoms with E-state index in [1.54, 1.807) is 42.5 Å². The first kappa shape index (κ1) is 25.9. The van der Waals surface area contributed by atoms with Crippen molar-refractivity contribution in [3.63, 3.8) is 0 Å². The second-order valence-electron chi connectivity index (χ2n) is 8.66. The first-order chi connectivity index (χ1) is 18.2. The molecule has 3 aromatic rings. The molecule has 2 aliphatic heterocycles. The van der Waals surface area contributed by atoms with Crippen molar-refractivity contribution in [1.29, 1.82) is 0 Å². The Bertz CT molecular complexity index is 1400. The van der Waals surface area contributed by atoms with Gasteiger partial charge in [0.2, 0.25) is 5.88 Å². The Morgan fingerprint density at radius 1 is 1.16 bits per heavy atom. The summed E-state index contributed by atoms with van der Waals surface area (Å²) in [6.07, 6.45) is 2.74. The van der Waals surface area contributed by atoms with Gasteiger partial charge in [0.1, 0.15) is 27.9 Å². The Hall–Kier alpha value is -3.68. The highest BCUT2D eigenvalue weighted by atomic mass is 32.2. The van der Waals surface area contributed by atoms with Crippen LogP contribution in [-0.2, 0) is 26.2 Å². The van der Waals surface area contributed by atoms with Crippen LogP contribution in [0.15, 0.2) is 60.8 Å². The maximum absolute atomic E-state index is 12.0. The lowest BCUT2D eigenvalue weighted by Crippen LogP contribution is -2.29. The van der Waals surface area contributed by atoms with Crippen molar-refractivity contribution in [3.8, 4) is 28.9 Å². The van der Waals surface area contributed by atoms with Gasteiger partial charge in [-0.3, -0.25) is 4.79 Å². The van der Waals surface area contributed by atoms with Gasteiger partial charge in [-0.25, -0.2) is 13.4 Å². The van der Waals surface area contributed by atoms with E-state index in [0.29, 0.717) is 47.6 Å². The van der Waals surface area contributed by atoms with Crippen molar-refractivity contribution in [3.05, 3.63) is 66.4 Å². The van der Waals surface area contributed by atoms with Gasteiger partial charge >= 0.3 is 0 Å². The number of anilines is 1. The highest BCUT2D eigenvalue weighted by Gasteiger charge is 2.34. The topological polar surface area (TPSA) is 139 Å². The van der Waals surface area contributed by atoms with Crippen LogP contribution in [0.3, 0.4) is 0 Å². The number of hydrogen-bond donors (Lipinski definition) is 1. The molecule has 38 heavy (non-hydrogen) atoms. The highest BCUT2D eigenvalue weighted by Crippen LogP contribution is 2.43.